The number of hydrogen-bond acceptors (Lipinski definition) is 0. The fraction of sp³-hybridized carbons (Fsp3) is 1.00. The van der Waals surface area contributed by atoms with Crippen molar-refractivity contribution in [3.8, 4) is 0 Å². The van der Waals surface area contributed by atoms with E-state index in [1.54, 1.807) is 0 Å². The van der Waals surface area contributed by atoms with Gasteiger partial charge in [-0.3, -0.25) is 0 Å². The van der Waals surface area contributed by atoms with Crippen molar-refractivity contribution < 1.29 is 0 Å². The molecule has 14 heavy (non-hydrogen) atoms. The fourth-order valence-electron chi connectivity index (χ4n) is 3.45. The van der Waals surface area contributed by atoms with E-state index < -0.39 is 0 Å². The van der Waals surface area contributed by atoms with Crippen LogP contribution in [-0.4, -0.2) is 0 Å². The first-order valence-corrected chi connectivity index (χ1v) is 6.34. The number of hydrogen-bond donors (Lipinski definition) is 0. The molecule has 1 rings (SSSR count). The summed E-state index contributed by atoms with van der Waals surface area (Å²) in [5, 5.41) is 0. The van der Waals surface area contributed by atoms with E-state index >= 15 is 0 Å². The molecular weight excluding hydrogens is 168 g/mol. The Hall–Kier alpha value is 0. The smallest absolute Gasteiger partial charge is 0.0246 e. The first kappa shape index (κ1) is 12.1. The van der Waals surface area contributed by atoms with Crippen LogP contribution in [0.3, 0.4) is 0 Å². The Kier molecular flexibility index (Phi) is 3.33. The molecule has 84 valence electrons. The Bertz CT molecular complexity index is 170. The highest BCUT2D eigenvalue weighted by Gasteiger charge is 2.49. The molecule has 0 aromatic carbocycles. The quantitative estimate of drug-likeness (QED) is 0.590. The summed E-state index contributed by atoms with van der Waals surface area (Å²) in [5.41, 5.74) is 1.11. The van der Waals surface area contributed by atoms with Gasteiger partial charge >= 0.3 is 0 Å². The zero-order chi connectivity index (χ0) is 11.0. The highest BCUT2D eigenvalue weighted by atomic mass is 14.5. The lowest BCUT2D eigenvalue weighted by molar-refractivity contribution is -0.0590. The lowest BCUT2D eigenvalue weighted by Gasteiger charge is -2.55. The van der Waals surface area contributed by atoms with Crippen LogP contribution in [0.2, 0.25) is 0 Å². The summed E-state index contributed by atoms with van der Waals surface area (Å²) in [7, 11) is 0. The Morgan fingerprint density at radius 3 is 1.21 bits per heavy atom. The fourth-order valence-corrected chi connectivity index (χ4v) is 3.45. The second-order valence-corrected chi connectivity index (χ2v) is 6.35. The summed E-state index contributed by atoms with van der Waals surface area (Å²) in [6.07, 6.45) is 5.74. The summed E-state index contributed by atoms with van der Waals surface area (Å²) in [6.45, 7) is 14.7. The molecule has 0 aromatic rings. The van der Waals surface area contributed by atoms with E-state index in [-0.39, 0.29) is 0 Å². The highest BCUT2D eigenvalue weighted by Crippen LogP contribution is 2.58. The van der Waals surface area contributed by atoms with E-state index in [2.05, 4.69) is 41.5 Å². The zero-order valence-electron chi connectivity index (χ0n) is 11.0. The SMILES string of the molecule is CC(C)C1(C)CCCCC1(C)C(C)C. The minimum atomic E-state index is 0.555. The Balaban J connectivity index is 2.99. The van der Waals surface area contributed by atoms with Crippen molar-refractivity contribution in [2.75, 3.05) is 0 Å². The molecule has 1 aliphatic rings. The van der Waals surface area contributed by atoms with Crippen LogP contribution in [0.4, 0.5) is 0 Å². The van der Waals surface area contributed by atoms with Gasteiger partial charge in [-0.05, 0) is 35.5 Å². The van der Waals surface area contributed by atoms with Crippen LogP contribution in [0.1, 0.15) is 67.2 Å². The normalized spacial score (nSPS) is 39.4. The Morgan fingerprint density at radius 2 is 1.00 bits per heavy atom. The monoisotopic (exact) mass is 196 g/mol. The molecule has 0 aromatic heterocycles. The predicted molar refractivity (Wildman–Crippen MR) is 64.4 cm³/mol. The minimum absolute atomic E-state index is 0.555. The molecule has 0 heteroatoms. The maximum absolute atomic E-state index is 2.52. The third-order valence-corrected chi connectivity index (χ3v) is 5.50. The molecule has 0 nitrogen and oxygen atoms in total. The van der Waals surface area contributed by atoms with E-state index in [9.17, 15) is 0 Å². The standard InChI is InChI=1S/C14H28/c1-11(2)13(5)9-7-8-10-14(13,6)12(3)4/h11-12H,7-10H2,1-6H3. The molecule has 0 spiro atoms. The molecule has 1 fully saturated rings. The molecule has 1 saturated carbocycles. The molecule has 1 aliphatic carbocycles. The van der Waals surface area contributed by atoms with Crippen molar-refractivity contribution >= 4 is 0 Å². The van der Waals surface area contributed by atoms with E-state index in [1.165, 1.54) is 25.7 Å². The van der Waals surface area contributed by atoms with E-state index in [0.29, 0.717) is 10.8 Å². The zero-order valence-corrected chi connectivity index (χ0v) is 11.0. The van der Waals surface area contributed by atoms with E-state index in [4.69, 9.17) is 0 Å². The van der Waals surface area contributed by atoms with Crippen LogP contribution in [0, 0.1) is 22.7 Å². The summed E-state index contributed by atoms with van der Waals surface area (Å²) >= 11 is 0. The van der Waals surface area contributed by atoms with Gasteiger partial charge in [-0.25, -0.2) is 0 Å². The molecule has 2 unspecified atom stereocenters. The third kappa shape index (κ3) is 1.61. The van der Waals surface area contributed by atoms with Crippen molar-refractivity contribution in [1.82, 2.24) is 0 Å². The van der Waals surface area contributed by atoms with Crippen molar-refractivity contribution in [2.24, 2.45) is 22.7 Å². The van der Waals surface area contributed by atoms with Crippen LogP contribution < -0.4 is 0 Å². The second kappa shape index (κ2) is 3.87. The molecule has 0 bridgehead atoms. The molecule has 2 atom stereocenters. The molecule has 0 aliphatic heterocycles. The molecule has 0 heterocycles. The molecule has 0 radical (unpaired) electrons. The topological polar surface area (TPSA) is 0 Å². The summed E-state index contributed by atoms with van der Waals surface area (Å²) < 4.78 is 0. The third-order valence-electron chi connectivity index (χ3n) is 5.50. The molecule has 0 saturated heterocycles. The van der Waals surface area contributed by atoms with Gasteiger partial charge in [0.15, 0.2) is 0 Å². The van der Waals surface area contributed by atoms with Gasteiger partial charge in [0.05, 0.1) is 0 Å². The van der Waals surface area contributed by atoms with Gasteiger partial charge in [-0.15, -0.1) is 0 Å². The van der Waals surface area contributed by atoms with Crippen molar-refractivity contribution in [2.45, 2.75) is 67.2 Å². The van der Waals surface area contributed by atoms with Gasteiger partial charge in [0, 0.05) is 0 Å². The largest absolute Gasteiger partial charge is 0.0622 e. The van der Waals surface area contributed by atoms with Crippen LogP contribution in [0.25, 0.3) is 0 Å². The number of rotatable bonds is 2. The first-order valence-electron chi connectivity index (χ1n) is 6.34. The Labute approximate surface area is 90.5 Å². The van der Waals surface area contributed by atoms with E-state index in [0.717, 1.165) is 11.8 Å². The first-order chi connectivity index (χ1) is 6.34. The van der Waals surface area contributed by atoms with Gasteiger partial charge in [0.1, 0.15) is 0 Å². The van der Waals surface area contributed by atoms with Gasteiger partial charge < -0.3 is 0 Å². The summed E-state index contributed by atoms with van der Waals surface area (Å²) in [5.74, 6) is 1.63. The minimum Gasteiger partial charge on any atom is -0.0622 e. The van der Waals surface area contributed by atoms with Crippen molar-refractivity contribution in [1.29, 1.82) is 0 Å². The maximum atomic E-state index is 2.52. The van der Waals surface area contributed by atoms with Crippen molar-refractivity contribution in [3.05, 3.63) is 0 Å². The van der Waals surface area contributed by atoms with E-state index in [1.807, 2.05) is 0 Å². The van der Waals surface area contributed by atoms with Crippen LogP contribution in [0.5, 0.6) is 0 Å². The predicted octanol–water partition coefficient (Wildman–Crippen LogP) is 4.89. The maximum Gasteiger partial charge on any atom is -0.0246 e. The average Bonchev–Trinajstić information content (AvgIpc) is 2.09. The van der Waals surface area contributed by atoms with Crippen LogP contribution >= 0.6 is 0 Å². The molecular formula is C14H28. The van der Waals surface area contributed by atoms with Gasteiger partial charge in [0.25, 0.3) is 0 Å². The highest BCUT2D eigenvalue weighted by molar-refractivity contribution is 4.98. The summed E-state index contributed by atoms with van der Waals surface area (Å²) in [6, 6.07) is 0. The Morgan fingerprint density at radius 1 is 0.714 bits per heavy atom. The summed E-state index contributed by atoms with van der Waals surface area (Å²) in [4.78, 5) is 0. The van der Waals surface area contributed by atoms with Gasteiger partial charge in [-0.1, -0.05) is 54.4 Å². The van der Waals surface area contributed by atoms with Crippen molar-refractivity contribution in [3.63, 3.8) is 0 Å². The lowest BCUT2D eigenvalue weighted by Crippen LogP contribution is -2.47. The van der Waals surface area contributed by atoms with Gasteiger partial charge in [0.2, 0.25) is 0 Å². The molecule has 0 amide bonds. The molecule has 0 N–H and O–H groups in total. The second-order valence-electron chi connectivity index (χ2n) is 6.35. The average molecular weight is 196 g/mol. The van der Waals surface area contributed by atoms with Crippen LogP contribution in [-0.2, 0) is 0 Å². The lowest BCUT2D eigenvalue weighted by atomic mass is 9.50. The van der Waals surface area contributed by atoms with Crippen LogP contribution in [0.15, 0.2) is 0 Å². The van der Waals surface area contributed by atoms with Gasteiger partial charge in [-0.2, -0.15) is 0 Å².